The number of hydrogen-bond acceptors (Lipinski definition) is 5. The van der Waals surface area contributed by atoms with Gasteiger partial charge in [-0.3, -0.25) is 9.78 Å². The standard InChI is InChI=1S/C19H16BrN3O3/c1-25-15-7-8-16(20)14(10-15)11-22-23-18(24)12-26-17-6-2-4-13-5-3-9-21-19(13)17/h2-11H,12H2,1H3,(H,23,24)/b22-11-. The second-order valence-electron chi connectivity index (χ2n) is 5.30. The van der Waals surface area contributed by atoms with Crippen molar-refractivity contribution in [1.29, 1.82) is 0 Å². The lowest BCUT2D eigenvalue weighted by Crippen LogP contribution is -2.24. The summed E-state index contributed by atoms with van der Waals surface area (Å²) in [4.78, 5) is 16.2. The third kappa shape index (κ3) is 4.37. The third-order valence-electron chi connectivity index (χ3n) is 3.55. The molecule has 1 N–H and O–H groups in total. The summed E-state index contributed by atoms with van der Waals surface area (Å²) in [5.74, 6) is 0.888. The summed E-state index contributed by atoms with van der Waals surface area (Å²) in [6.45, 7) is -0.160. The molecule has 1 amide bonds. The number of nitrogens with one attached hydrogen (secondary N) is 1. The van der Waals surface area contributed by atoms with E-state index in [-0.39, 0.29) is 12.5 Å². The smallest absolute Gasteiger partial charge is 0.277 e. The number of methoxy groups -OCH3 is 1. The minimum absolute atomic E-state index is 0.160. The molecule has 0 saturated heterocycles. The Balaban J connectivity index is 1.59. The van der Waals surface area contributed by atoms with Gasteiger partial charge in [0.2, 0.25) is 0 Å². The Kier molecular flexibility index (Phi) is 5.80. The summed E-state index contributed by atoms with van der Waals surface area (Å²) < 4.78 is 11.6. The van der Waals surface area contributed by atoms with E-state index in [0.717, 1.165) is 15.4 Å². The first-order chi connectivity index (χ1) is 12.7. The van der Waals surface area contributed by atoms with Gasteiger partial charge >= 0.3 is 0 Å². The number of nitrogens with zero attached hydrogens (tertiary/aromatic N) is 2. The van der Waals surface area contributed by atoms with Crippen LogP contribution in [-0.4, -0.2) is 30.8 Å². The largest absolute Gasteiger partial charge is 0.497 e. The Morgan fingerprint density at radius 3 is 2.96 bits per heavy atom. The molecule has 0 atom stereocenters. The number of para-hydroxylation sites is 1. The quantitative estimate of drug-likeness (QED) is 0.495. The van der Waals surface area contributed by atoms with Crippen LogP contribution >= 0.6 is 15.9 Å². The number of amides is 1. The van der Waals surface area contributed by atoms with Gasteiger partial charge in [-0.1, -0.05) is 34.1 Å². The van der Waals surface area contributed by atoms with Gasteiger partial charge in [0.15, 0.2) is 6.61 Å². The van der Waals surface area contributed by atoms with E-state index in [1.165, 1.54) is 6.21 Å². The van der Waals surface area contributed by atoms with Crippen molar-refractivity contribution < 1.29 is 14.3 Å². The molecule has 6 nitrogen and oxygen atoms in total. The van der Waals surface area contributed by atoms with Crippen molar-refractivity contribution >= 4 is 39.0 Å². The number of fused-ring (bicyclic) bond motifs is 1. The molecule has 3 aromatic rings. The molecule has 0 fully saturated rings. The number of aromatic nitrogens is 1. The molecule has 0 aliphatic rings. The molecule has 0 aliphatic heterocycles. The van der Waals surface area contributed by atoms with E-state index in [1.54, 1.807) is 25.4 Å². The van der Waals surface area contributed by atoms with Crippen molar-refractivity contribution in [3.63, 3.8) is 0 Å². The highest BCUT2D eigenvalue weighted by Gasteiger charge is 2.06. The van der Waals surface area contributed by atoms with Crippen LogP contribution in [0.1, 0.15) is 5.56 Å². The van der Waals surface area contributed by atoms with Gasteiger partial charge < -0.3 is 9.47 Å². The SMILES string of the molecule is COc1ccc(Br)c(/C=N\NC(=O)COc2cccc3cccnc23)c1. The van der Waals surface area contributed by atoms with Crippen molar-refractivity contribution in [2.24, 2.45) is 5.10 Å². The molecule has 26 heavy (non-hydrogen) atoms. The van der Waals surface area contributed by atoms with Crippen molar-refractivity contribution in [2.75, 3.05) is 13.7 Å². The number of carbonyl (C=O) groups is 1. The molecule has 3 rings (SSSR count). The molecule has 0 aliphatic carbocycles. The number of pyridine rings is 1. The van der Waals surface area contributed by atoms with Crippen LogP contribution in [0.2, 0.25) is 0 Å². The summed E-state index contributed by atoms with van der Waals surface area (Å²) in [6, 6.07) is 14.8. The molecule has 1 heterocycles. The Bertz CT molecular complexity index is 954. The van der Waals surface area contributed by atoms with Crippen LogP contribution in [0, 0.1) is 0 Å². The Morgan fingerprint density at radius 2 is 2.12 bits per heavy atom. The van der Waals surface area contributed by atoms with Crippen LogP contribution in [0.5, 0.6) is 11.5 Å². The van der Waals surface area contributed by atoms with Gasteiger partial charge in [0.05, 0.1) is 13.3 Å². The van der Waals surface area contributed by atoms with E-state index in [1.807, 2.05) is 36.4 Å². The van der Waals surface area contributed by atoms with Crippen LogP contribution in [0.15, 0.2) is 64.3 Å². The Labute approximate surface area is 159 Å². The lowest BCUT2D eigenvalue weighted by atomic mass is 10.2. The molecule has 0 radical (unpaired) electrons. The van der Waals surface area contributed by atoms with Crippen molar-refractivity contribution in [3.05, 3.63) is 64.8 Å². The maximum absolute atomic E-state index is 11.9. The van der Waals surface area contributed by atoms with Crippen molar-refractivity contribution in [2.45, 2.75) is 0 Å². The summed E-state index contributed by atoms with van der Waals surface area (Å²) in [7, 11) is 1.59. The first-order valence-electron chi connectivity index (χ1n) is 7.79. The fraction of sp³-hybridized carbons (Fsp3) is 0.105. The first kappa shape index (κ1) is 17.9. The lowest BCUT2D eigenvalue weighted by molar-refractivity contribution is -0.123. The number of benzene rings is 2. The lowest BCUT2D eigenvalue weighted by Gasteiger charge is -2.07. The van der Waals surface area contributed by atoms with E-state index < -0.39 is 0 Å². The fourth-order valence-electron chi connectivity index (χ4n) is 2.29. The number of hydrazone groups is 1. The van der Waals surface area contributed by atoms with Gasteiger partial charge in [-0.2, -0.15) is 5.10 Å². The predicted molar refractivity (Wildman–Crippen MR) is 104 cm³/mol. The van der Waals surface area contributed by atoms with Crippen LogP contribution in [0.3, 0.4) is 0 Å². The van der Waals surface area contributed by atoms with Crippen LogP contribution in [0.25, 0.3) is 10.9 Å². The number of halogens is 1. The average Bonchev–Trinajstić information content (AvgIpc) is 2.67. The minimum atomic E-state index is -0.367. The zero-order valence-electron chi connectivity index (χ0n) is 14.0. The summed E-state index contributed by atoms with van der Waals surface area (Å²) in [5.41, 5.74) is 3.93. The summed E-state index contributed by atoms with van der Waals surface area (Å²) in [5, 5.41) is 4.90. The fourth-order valence-corrected chi connectivity index (χ4v) is 2.64. The number of hydrogen-bond donors (Lipinski definition) is 1. The number of carbonyl (C=O) groups excluding carboxylic acids is 1. The molecule has 0 saturated carbocycles. The molecule has 7 heteroatoms. The zero-order valence-corrected chi connectivity index (χ0v) is 15.6. The number of ether oxygens (including phenoxy) is 2. The van der Waals surface area contributed by atoms with Crippen molar-refractivity contribution in [1.82, 2.24) is 10.4 Å². The maximum atomic E-state index is 11.9. The molecule has 0 bridgehead atoms. The highest BCUT2D eigenvalue weighted by Crippen LogP contribution is 2.23. The van der Waals surface area contributed by atoms with Crippen molar-refractivity contribution in [3.8, 4) is 11.5 Å². The molecule has 132 valence electrons. The maximum Gasteiger partial charge on any atom is 0.277 e. The van der Waals surface area contributed by atoms with E-state index >= 15 is 0 Å². The average molecular weight is 414 g/mol. The topological polar surface area (TPSA) is 72.8 Å². The molecule has 1 aromatic heterocycles. The van der Waals surface area contributed by atoms with E-state index in [9.17, 15) is 4.79 Å². The number of rotatable bonds is 6. The van der Waals surface area contributed by atoms with Crippen LogP contribution in [0.4, 0.5) is 0 Å². The highest BCUT2D eigenvalue weighted by molar-refractivity contribution is 9.10. The van der Waals surface area contributed by atoms with Gasteiger partial charge in [0.25, 0.3) is 5.91 Å². The molecule has 0 spiro atoms. The molecule has 2 aromatic carbocycles. The third-order valence-corrected chi connectivity index (χ3v) is 4.27. The van der Waals surface area contributed by atoms with Gasteiger partial charge in [0.1, 0.15) is 17.0 Å². The highest BCUT2D eigenvalue weighted by atomic mass is 79.9. The van der Waals surface area contributed by atoms with Gasteiger partial charge in [0, 0.05) is 21.6 Å². The molecular weight excluding hydrogens is 398 g/mol. The second kappa shape index (κ2) is 8.44. The van der Waals surface area contributed by atoms with E-state index in [4.69, 9.17) is 9.47 Å². The van der Waals surface area contributed by atoms with Gasteiger partial charge in [-0.15, -0.1) is 0 Å². The molecule has 0 unspecified atom stereocenters. The zero-order chi connectivity index (χ0) is 18.4. The first-order valence-corrected chi connectivity index (χ1v) is 8.58. The minimum Gasteiger partial charge on any atom is -0.497 e. The predicted octanol–water partition coefficient (Wildman–Crippen LogP) is 3.54. The molecular formula is C19H16BrN3O3. The summed E-state index contributed by atoms with van der Waals surface area (Å²) in [6.07, 6.45) is 3.22. The van der Waals surface area contributed by atoms with E-state index in [2.05, 4.69) is 31.4 Å². The van der Waals surface area contributed by atoms with E-state index in [0.29, 0.717) is 17.0 Å². The van der Waals surface area contributed by atoms with Gasteiger partial charge in [-0.25, -0.2) is 5.43 Å². The summed E-state index contributed by atoms with van der Waals surface area (Å²) >= 11 is 3.42. The van der Waals surface area contributed by atoms with Crippen LogP contribution < -0.4 is 14.9 Å². The van der Waals surface area contributed by atoms with Crippen LogP contribution in [-0.2, 0) is 4.79 Å². The second-order valence-corrected chi connectivity index (χ2v) is 6.15. The van der Waals surface area contributed by atoms with Gasteiger partial charge in [-0.05, 0) is 30.3 Å². The Morgan fingerprint density at radius 1 is 1.27 bits per heavy atom. The normalized spacial score (nSPS) is 10.8. The Hall–Kier alpha value is -2.93. The monoisotopic (exact) mass is 413 g/mol.